The van der Waals surface area contributed by atoms with Crippen LogP contribution in [-0.4, -0.2) is 42.2 Å². The third-order valence-corrected chi connectivity index (χ3v) is 2.83. The number of aromatic hydroxyl groups is 1. The van der Waals surface area contributed by atoms with Crippen molar-refractivity contribution in [1.29, 1.82) is 5.26 Å². The van der Waals surface area contributed by atoms with Crippen LogP contribution in [0.2, 0.25) is 0 Å². The maximum absolute atomic E-state index is 12.0. The van der Waals surface area contributed by atoms with E-state index in [0.717, 1.165) is 0 Å². The zero-order chi connectivity index (χ0) is 14.4. The maximum Gasteiger partial charge on any atom is 0.267 e. The summed E-state index contributed by atoms with van der Waals surface area (Å²) in [5, 5.41) is 21.0. The summed E-state index contributed by atoms with van der Waals surface area (Å²) in [5.74, 6) is -0.442. The molecule has 0 unspecified atom stereocenters. The monoisotopic (exact) mass is 273 g/mol. The first-order valence-electron chi connectivity index (χ1n) is 6.23. The second-order valence-corrected chi connectivity index (χ2v) is 4.31. The van der Waals surface area contributed by atoms with Crippen LogP contribution in [0.3, 0.4) is 0 Å². The van der Waals surface area contributed by atoms with Crippen molar-refractivity contribution in [1.82, 2.24) is 4.90 Å². The number of morpholine rings is 1. The van der Waals surface area contributed by atoms with Crippen LogP contribution in [0.15, 0.2) is 36.0 Å². The number of rotatable bonds is 3. The largest absolute Gasteiger partial charge is 0.508 e. The van der Waals surface area contributed by atoms with Gasteiger partial charge in [-0.05, 0) is 12.1 Å². The van der Waals surface area contributed by atoms with Crippen LogP contribution < -0.4 is 5.32 Å². The zero-order valence-electron chi connectivity index (χ0n) is 10.9. The number of ether oxygens (including phenoxy) is 1. The molecule has 0 atom stereocenters. The molecule has 6 nitrogen and oxygen atoms in total. The molecule has 1 saturated heterocycles. The Balaban J connectivity index is 2.05. The second kappa shape index (κ2) is 6.59. The molecule has 0 aromatic heterocycles. The molecule has 1 aliphatic heterocycles. The summed E-state index contributed by atoms with van der Waals surface area (Å²) < 4.78 is 5.20. The van der Waals surface area contributed by atoms with Crippen molar-refractivity contribution >= 4 is 11.6 Å². The Kier molecular flexibility index (Phi) is 4.58. The number of hydrogen-bond acceptors (Lipinski definition) is 5. The van der Waals surface area contributed by atoms with Gasteiger partial charge < -0.3 is 20.1 Å². The molecule has 20 heavy (non-hydrogen) atoms. The highest BCUT2D eigenvalue weighted by molar-refractivity contribution is 6.06. The fourth-order valence-electron chi connectivity index (χ4n) is 1.81. The van der Waals surface area contributed by atoms with Crippen LogP contribution >= 0.6 is 0 Å². The van der Waals surface area contributed by atoms with Gasteiger partial charge in [0.05, 0.1) is 13.2 Å². The first-order chi connectivity index (χ1) is 9.69. The van der Waals surface area contributed by atoms with Crippen molar-refractivity contribution < 1.29 is 14.6 Å². The van der Waals surface area contributed by atoms with Gasteiger partial charge in [-0.2, -0.15) is 5.26 Å². The van der Waals surface area contributed by atoms with Crippen molar-refractivity contribution in [2.24, 2.45) is 0 Å². The second-order valence-electron chi connectivity index (χ2n) is 4.31. The Morgan fingerprint density at radius 1 is 1.45 bits per heavy atom. The van der Waals surface area contributed by atoms with Gasteiger partial charge in [0.1, 0.15) is 17.4 Å². The highest BCUT2D eigenvalue weighted by Gasteiger charge is 2.13. The summed E-state index contributed by atoms with van der Waals surface area (Å²) in [6.07, 6.45) is 1.54. The minimum absolute atomic E-state index is 0.0234. The maximum atomic E-state index is 12.0. The molecule has 1 aromatic carbocycles. The molecule has 1 fully saturated rings. The van der Waals surface area contributed by atoms with E-state index in [4.69, 9.17) is 10.00 Å². The van der Waals surface area contributed by atoms with Crippen molar-refractivity contribution in [3.05, 3.63) is 36.0 Å². The average molecular weight is 273 g/mol. The summed E-state index contributed by atoms with van der Waals surface area (Å²) in [7, 11) is 0. The smallest absolute Gasteiger partial charge is 0.267 e. The van der Waals surface area contributed by atoms with Gasteiger partial charge in [0.2, 0.25) is 0 Å². The number of carbonyl (C=O) groups is 1. The van der Waals surface area contributed by atoms with Gasteiger partial charge in [0.25, 0.3) is 5.91 Å². The minimum Gasteiger partial charge on any atom is -0.508 e. The van der Waals surface area contributed by atoms with Crippen molar-refractivity contribution in [3.8, 4) is 11.8 Å². The van der Waals surface area contributed by atoms with Crippen molar-refractivity contribution in [2.45, 2.75) is 0 Å². The molecule has 0 saturated carbocycles. The summed E-state index contributed by atoms with van der Waals surface area (Å²) in [4.78, 5) is 13.9. The number of anilines is 1. The first kappa shape index (κ1) is 13.9. The van der Waals surface area contributed by atoms with E-state index in [9.17, 15) is 9.90 Å². The molecule has 1 aliphatic rings. The number of nitrogens with one attached hydrogen (secondary N) is 1. The predicted molar refractivity (Wildman–Crippen MR) is 72.8 cm³/mol. The molecule has 0 bridgehead atoms. The molecule has 1 aromatic rings. The number of nitriles is 1. The molecule has 0 radical (unpaired) electrons. The number of carbonyl (C=O) groups excluding carboxylic acids is 1. The zero-order valence-corrected chi connectivity index (χ0v) is 10.9. The Morgan fingerprint density at radius 2 is 2.20 bits per heavy atom. The van der Waals surface area contributed by atoms with Crippen LogP contribution in [0.25, 0.3) is 0 Å². The number of amides is 1. The summed E-state index contributed by atoms with van der Waals surface area (Å²) in [6, 6.07) is 8.06. The average Bonchev–Trinajstić information content (AvgIpc) is 2.45. The van der Waals surface area contributed by atoms with Gasteiger partial charge in [-0.3, -0.25) is 4.79 Å². The lowest BCUT2D eigenvalue weighted by atomic mass is 10.2. The molecule has 0 spiro atoms. The van der Waals surface area contributed by atoms with Gasteiger partial charge in [0, 0.05) is 31.0 Å². The molecule has 2 N–H and O–H groups in total. The van der Waals surface area contributed by atoms with Gasteiger partial charge in [0.15, 0.2) is 0 Å². The Hall–Kier alpha value is -2.52. The lowest BCUT2D eigenvalue weighted by Crippen LogP contribution is -2.33. The topological polar surface area (TPSA) is 85.6 Å². The van der Waals surface area contributed by atoms with E-state index in [0.29, 0.717) is 32.0 Å². The normalized spacial score (nSPS) is 15.6. The fraction of sp³-hybridized carbons (Fsp3) is 0.286. The van der Waals surface area contributed by atoms with Gasteiger partial charge in [-0.1, -0.05) is 6.07 Å². The van der Waals surface area contributed by atoms with Gasteiger partial charge in [-0.15, -0.1) is 0 Å². The number of benzene rings is 1. The van der Waals surface area contributed by atoms with Crippen LogP contribution in [-0.2, 0) is 9.53 Å². The molecular formula is C14H15N3O3. The molecule has 104 valence electrons. The lowest BCUT2D eigenvalue weighted by molar-refractivity contribution is -0.112. The lowest BCUT2D eigenvalue weighted by Gasteiger charge is -2.25. The Morgan fingerprint density at radius 3 is 2.85 bits per heavy atom. The van der Waals surface area contributed by atoms with Crippen molar-refractivity contribution in [2.75, 3.05) is 31.6 Å². The van der Waals surface area contributed by atoms with Crippen molar-refractivity contribution in [3.63, 3.8) is 0 Å². The van der Waals surface area contributed by atoms with E-state index in [1.54, 1.807) is 18.3 Å². The first-order valence-corrected chi connectivity index (χ1v) is 6.23. The van der Waals surface area contributed by atoms with Crippen LogP contribution in [0.4, 0.5) is 5.69 Å². The third kappa shape index (κ3) is 3.73. The summed E-state index contributed by atoms with van der Waals surface area (Å²) >= 11 is 0. The van der Waals surface area contributed by atoms with E-state index in [-0.39, 0.29) is 11.3 Å². The molecule has 2 rings (SSSR count). The van der Waals surface area contributed by atoms with Gasteiger partial charge in [-0.25, -0.2) is 0 Å². The molecule has 6 heteroatoms. The minimum atomic E-state index is -0.496. The van der Waals surface area contributed by atoms with Crippen LogP contribution in [0, 0.1) is 11.3 Å². The van der Waals surface area contributed by atoms with E-state index in [1.807, 2.05) is 11.0 Å². The highest BCUT2D eigenvalue weighted by atomic mass is 16.5. The number of phenolic OH excluding ortho intramolecular Hbond substituents is 1. The van der Waals surface area contributed by atoms with E-state index in [2.05, 4.69) is 5.32 Å². The number of hydrogen-bond donors (Lipinski definition) is 2. The van der Waals surface area contributed by atoms with E-state index in [1.165, 1.54) is 12.1 Å². The van der Waals surface area contributed by atoms with Crippen LogP contribution in [0.1, 0.15) is 0 Å². The van der Waals surface area contributed by atoms with Gasteiger partial charge >= 0.3 is 0 Å². The number of phenols is 1. The van der Waals surface area contributed by atoms with Crippen LogP contribution in [0.5, 0.6) is 5.75 Å². The predicted octanol–water partition coefficient (Wildman–Crippen LogP) is 1.07. The SMILES string of the molecule is N#C/C(=C/N1CCOCC1)C(=O)Nc1cccc(O)c1. The Bertz CT molecular complexity index is 557. The standard InChI is InChI=1S/C14H15N3O3/c15-9-11(10-17-4-6-20-7-5-17)14(19)16-12-2-1-3-13(18)8-12/h1-3,8,10,18H,4-7H2,(H,16,19)/b11-10-. The molecule has 1 heterocycles. The molecule has 1 amide bonds. The van der Waals surface area contributed by atoms with E-state index < -0.39 is 5.91 Å². The quantitative estimate of drug-likeness (QED) is 0.635. The third-order valence-electron chi connectivity index (χ3n) is 2.83. The molecular weight excluding hydrogens is 258 g/mol. The van der Waals surface area contributed by atoms with E-state index >= 15 is 0 Å². The fourth-order valence-corrected chi connectivity index (χ4v) is 1.81. The summed E-state index contributed by atoms with van der Waals surface area (Å²) in [6.45, 7) is 2.49. The number of nitrogens with zero attached hydrogens (tertiary/aromatic N) is 2. The highest BCUT2D eigenvalue weighted by Crippen LogP contribution is 2.16. The summed E-state index contributed by atoms with van der Waals surface area (Å²) in [5.41, 5.74) is 0.466. The Labute approximate surface area is 116 Å². The molecule has 0 aliphatic carbocycles.